The van der Waals surface area contributed by atoms with Crippen molar-refractivity contribution in [2.24, 2.45) is 0 Å². The monoisotopic (exact) mass is 243 g/mol. The molecule has 16 heavy (non-hydrogen) atoms. The normalized spacial score (nSPS) is 15.5. The zero-order chi connectivity index (χ0) is 11.1. The number of carbonyl (C=O) groups is 1. The zero-order valence-corrected chi connectivity index (χ0v) is 10.1. The fraction of sp³-hybridized carbons (Fsp3) is 0. The fourth-order valence-corrected chi connectivity index (χ4v) is 4.04. The molecular formula is C13H8OPS+. The Morgan fingerprint density at radius 2 is 1.38 bits per heavy atom. The van der Waals surface area contributed by atoms with Gasteiger partial charge in [-0.1, -0.05) is 30.3 Å². The maximum atomic E-state index is 12.1. The third-order valence-corrected chi connectivity index (χ3v) is 5.28. The molecule has 1 aliphatic heterocycles. The van der Waals surface area contributed by atoms with Gasteiger partial charge < -0.3 is 0 Å². The second kappa shape index (κ2) is 3.58. The van der Waals surface area contributed by atoms with Gasteiger partial charge in [0.2, 0.25) is 0 Å². The second-order valence-corrected chi connectivity index (χ2v) is 6.23. The van der Waals surface area contributed by atoms with Crippen molar-refractivity contribution in [2.75, 3.05) is 0 Å². The van der Waals surface area contributed by atoms with Gasteiger partial charge in [-0.05, 0) is 18.2 Å². The van der Waals surface area contributed by atoms with Gasteiger partial charge in [-0.15, -0.1) is 0 Å². The summed E-state index contributed by atoms with van der Waals surface area (Å²) in [7, 11) is 0. The van der Waals surface area contributed by atoms with Crippen molar-refractivity contribution in [1.82, 2.24) is 0 Å². The molecule has 1 aliphatic rings. The van der Waals surface area contributed by atoms with Gasteiger partial charge in [0.1, 0.15) is 0 Å². The van der Waals surface area contributed by atoms with E-state index >= 15 is 0 Å². The van der Waals surface area contributed by atoms with Gasteiger partial charge in [0.25, 0.3) is 6.70 Å². The first-order valence-corrected chi connectivity index (χ1v) is 7.34. The standard InChI is InChI=1S/C13H8OPS/c14-13-11-7-2-1-5-9(11)10-6-3-4-8-12(10)15(13)16/h1-8H/q+1. The summed E-state index contributed by atoms with van der Waals surface area (Å²) in [6.07, 6.45) is 0. The maximum absolute atomic E-state index is 12.1. The predicted octanol–water partition coefficient (Wildman–Crippen LogP) is 3.08. The van der Waals surface area contributed by atoms with E-state index < -0.39 is 6.70 Å². The van der Waals surface area contributed by atoms with Gasteiger partial charge in [0.05, 0.1) is 5.56 Å². The molecule has 1 heterocycles. The van der Waals surface area contributed by atoms with E-state index in [1.807, 2.05) is 48.5 Å². The molecule has 3 heteroatoms. The number of fused-ring (bicyclic) bond motifs is 3. The van der Waals surface area contributed by atoms with Crippen LogP contribution in [0.25, 0.3) is 11.1 Å². The van der Waals surface area contributed by atoms with Crippen LogP contribution in [-0.2, 0) is 11.8 Å². The van der Waals surface area contributed by atoms with Gasteiger partial charge in [0, 0.05) is 11.1 Å². The Balaban J connectivity index is 2.41. The third-order valence-electron chi connectivity index (χ3n) is 2.75. The Bertz CT molecular complexity index is 563. The molecule has 0 saturated carbocycles. The molecule has 0 amide bonds. The predicted molar refractivity (Wildman–Crippen MR) is 70.1 cm³/mol. The molecule has 0 bridgehead atoms. The fourth-order valence-electron chi connectivity index (χ4n) is 2.00. The molecule has 0 radical (unpaired) electrons. The molecule has 0 N–H and O–H groups in total. The molecule has 0 fully saturated rings. The van der Waals surface area contributed by atoms with Crippen LogP contribution < -0.4 is 5.30 Å². The van der Waals surface area contributed by atoms with E-state index in [-0.39, 0.29) is 5.52 Å². The van der Waals surface area contributed by atoms with E-state index in [0.29, 0.717) is 0 Å². The van der Waals surface area contributed by atoms with E-state index in [1.165, 1.54) is 0 Å². The van der Waals surface area contributed by atoms with E-state index in [1.54, 1.807) is 0 Å². The first kappa shape index (κ1) is 9.83. The summed E-state index contributed by atoms with van der Waals surface area (Å²) >= 11 is 5.36. The molecular weight excluding hydrogens is 235 g/mol. The molecule has 0 saturated heterocycles. The Hall–Kier alpha value is -1.37. The summed E-state index contributed by atoms with van der Waals surface area (Å²) in [4.78, 5) is 12.1. The number of hydrogen-bond donors (Lipinski definition) is 0. The highest BCUT2D eigenvalue weighted by Crippen LogP contribution is 2.39. The van der Waals surface area contributed by atoms with Crippen LogP contribution in [0.3, 0.4) is 0 Å². The molecule has 3 rings (SSSR count). The minimum atomic E-state index is -1.11. The Morgan fingerprint density at radius 3 is 2.12 bits per heavy atom. The Morgan fingerprint density at radius 1 is 0.812 bits per heavy atom. The van der Waals surface area contributed by atoms with Gasteiger partial charge in [-0.3, -0.25) is 0 Å². The first-order chi connectivity index (χ1) is 7.79. The molecule has 0 spiro atoms. The van der Waals surface area contributed by atoms with Gasteiger partial charge in [-0.25, -0.2) is 4.79 Å². The van der Waals surface area contributed by atoms with Crippen molar-refractivity contribution in [3.8, 4) is 11.1 Å². The van der Waals surface area contributed by atoms with Gasteiger partial charge >= 0.3 is 5.52 Å². The third kappa shape index (κ3) is 1.27. The summed E-state index contributed by atoms with van der Waals surface area (Å²) < 4.78 is 0. The molecule has 0 aliphatic carbocycles. The largest absolute Gasteiger partial charge is 0.372 e. The van der Waals surface area contributed by atoms with E-state index in [2.05, 4.69) is 0 Å². The van der Waals surface area contributed by atoms with Crippen molar-refractivity contribution in [1.29, 1.82) is 0 Å². The van der Waals surface area contributed by atoms with Crippen molar-refractivity contribution in [3.05, 3.63) is 54.1 Å². The van der Waals surface area contributed by atoms with Gasteiger partial charge in [-0.2, -0.15) is 0 Å². The van der Waals surface area contributed by atoms with Crippen molar-refractivity contribution in [2.45, 2.75) is 0 Å². The highest BCUT2D eigenvalue weighted by atomic mass is 32.4. The molecule has 1 nitrogen and oxygen atoms in total. The van der Waals surface area contributed by atoms with E-state index in [4.69, 9.17) is 11.8 Å². The Kier molecular flexibility index (Phi) is 2.20. The summed E-state index contributed by atoms with van der Waals surface area (Å²) in [6, 6.07) is 15.7. The molecule has 1 atom stereocenters. The molecule has 76 valence electrons. The number of carbonyl (C=O) groups excluding carboxylic acids is 1. The lowest BCUT2D eigenvalue weighted by Gasteiger charge is -2.11. The molecule has 2 aromatic rings. The molecule has 0 aromatic heterocycles. The Labute approximate surface area is 99.5 Å². The SMILES string of the molecule is O=C1c2ccccc2-c2ccccc2[P+]1=S. The van der Waals surface area contributed by atoms with E-state index in [9.17, 15) is 4.79 Å². The van der Waals surface area contributed by atoms with Crippen molar-refractivity contribution in [3.63, 3.8) is 0 Å². The first-order valence-electron chi connectivity index (χ1n) is 4.99. The van der Waals surface area contributed by atoms with Crippen LogP contribution >= 0.6 is 6.70 Å². The zero-order valence-electron chi connectivity index (χ0n) is 8.38. The number of rotatable bonds is 0. The van der Waals surface area contributed by atoms with Crippen LogP contribution in [0, 0.1) is 0 Å². The smallest absolute Gasteiger partial charge is 0.237 e. The van der Waals surface area contributed by atoms with Crippen LogP contribution in [0.15, 0.2) is 48.5 Å². The summed E-state index contributed by atoms with van der Waals surface area (Å²) in [5.41, 5.74) is 3.03. The van der Waals surface area contributed by atoms with Gasteiger partial charge in [0.15, 0.2) is 17.1 Å². The minimum absolute atomic E-state index is 0.110. The summed E-state index contributed by atoms with van der Waals surface area (Å²) in [5.74, 6) is 0. The van der Waals surface area contributed by atoms with Crippen LogP contribution in [0.5, 0.6) is 0 Å². The van der Waals surface area contributed by atoms with Crippen LogP contribution in [-0.4, -0.2) is 5.52 Å². The quantitative estimate of drug-likeness (QED) is 0.661. The lowest BCUT2D eigenvalue weighted by Crippen LogP contribution is -2.14. The number of benzene rings is 2. The summed E-state index contributed by atoms with van der Waals surface area (Å²) in [6.45, 7) is -1.11. The van der Waals surface area contributed by atoms with Crippen LogP contribution in [0.2, 0.25) is 0 Å². The minimum Gasteiger partial charge on any atom is -0.237 e. The molecule has 1 unspecified atom stereocenters. The highest BCUT2D eigenvalue weighted by molar-refractivity contribution is 8.16. The van der Waals surface area contributed by atoms with E-state index in [0.717, 1.165) is 22.0 Å². The second-order valence-electron chi connectivity index (χ2n) is 3.66. The topological polar surface area (TPSA) is 17.1 Å². The molecule has 2 aromatic carbocycles. The van der Waals surface area contributed by atoms with Crippen LogP contribution in [0.4, 0.5) is 0 Å². The maximum Gasteiger partial charge on any atom is 0.372 e. The average Bonchev–Trinajstić information content (AvgIpc) is 2.36. The van der Waals surface area contributed by atoms with Crippen molar-refractivity contribution >= 4 is 29.3 Å². The lowest BCUT2D eigenvalue weighted by atomic mass is 10.00. The van der Waals surface area contributed by atoms with Crippen LogP contribution in [0.1, 0.15) is 10.4 Å². The summed E-state index contributed by atoms with van der Waals surface area (Å²) in [5, 5.41) is 1.02. The highest BCUT2D eigenvalue weighted by Gasteiger charge is 2.37. The lowest BCUT2D eigenvalue weighted by molar-refractivity contribution is 0.108. The number of hydrogen-bond acceptors (Lipinski definition) is 2. The average molecular weight is 243 g/mol. The van der Waals surface area contributed by atoms with Crippen molar-refractivity contribution < 1.29 is 4.79 Å².